The summed E-state index contributed by atoms with van der Waals surface area (Å²) in [5.41, 5.74) is 7.03. The summed E-state index contributed by atoms with van der Waals surface area (Å²) in [5, 5.41) is 4.30. The summed E-state index contributed by atoms with van der Waals surface area (Å²) in [6.45, 7) is 0.613. The van der Waals surface area contributed by atoms with Gasteiger partial charge in [0.15, 0.2) is 5.96 Å². The molecule has 0 saturated heterocycles. The van der Waals surface area contributed by atoms with Gasteiger partial charge in [0.2, 0.25) is 0 Å². The van der Waals surface area contributed by atoms with Crippen molar-refractivity contribution < 1.29 is 0 Å². The van der Waals surface area contributed by atoms with Gasteiger partial charge in [-0.15, -0.1) is 35.7 Å². The first-order chi connectivity index (χ1) is 8.78. The molecule has 6 heteroatoms. The highest BCUT2D eigenvalue weighted by Crippen LogP contribution is 2.17. The number of aromatic nitrogens is 1. The smallest absolute Gasteiger partial charge is 0.189 e. The third-order valence-electron chi connectivity index (χ3n) is 3.15. The number of pyridine rings is 1. The highest BCUT2D eigenvalue weighted by atomic mass is 127. The molecule has 0 atom stereocenters. The molecule has 2 rings (SSSR count). The van der Waals surface area contributed by atoms with Crippen LogP contribution in [0.3, 0.4) is 0 Å². The number of hydrogen-bond donors (Lipinski definition) is 2. The minimum Gasteiger partial charge on any atom is -0.370 e. The van der Waals surface area contributed by atoms with Gasteiger partial charge < -0.3 is 11.1 Å². The molecule has 0 aliphatic heterocycles. The summed E-state index contributed by atoms with van der Waals surface area (Å²) in [6, 6.07) is 4.55. The fourth-order valence-electron chi connectivity index (χ4n) is 2.16. The molecule has 1 fully saturated rings. The number of thioether (sulfide) groups is 1. The van der Waals surface area contributed by atoms with Gasteiger partial charge >= 0.3 is 0 Å². The first kappa shape index (κ1) is 16.6. The molecule has 1 heterocycles. The van der Waals surface area contributed by atoms with E-state index in [1.54, 1.807) is 11.8 Å². The van der Waals surface area contributed by atoms with Gasteiger partial charge in [-0.2, -0.15) is 0 Å². The monoisotopic (exact) mass is 392 g/mol. The van der Waals surface area contributed by atoms with Crippen LogP contribution in [0, 0.1) is 0 Å². The van der Waals surface area contributed by atoms with Crippen LogP contribution in [-0.2, 0) is 6.54 Å². The Labute approximate surface area is 136 Å². The van der Waals surface area contributed by atoms with Crippen LogP contribution in [0.15, 0.2) is 28.3 Å². The Morgan fingerprint density at radius 2 is 2.26 bits per heavy atom. The lowest BCUT2D eigenvalue weighted by Gasteiger charge is -2.12. The predicted octanol–water partition coefficient (Wildman–Crippen LogP) is 2.77. The van der Waals surface area contributed by atoms with Gasteiger partial charge in [0.1, 0.15) is 0 Å². The topological polar surface area (TPSA) is 63.3 Å². The second kappa shape index (κ2) is 8.63. The lowest BCUT2D eigenvalue weighted by atomic mass is 10.2. The number of nitrogens with zero attached hydrogens (tertiary/aromatic N) is 2. The third-order valence-corrected chi connectivity index (χ3v) is 3.79. The van der Waals surface area contributed by atoms with Gasteiger partial charge in [0.05, 0.1) is 11.6 Å². The second-order valence-corrected chi connectivity index (χ2v) is 5.36. The van der Waals surface area contributed by atoms with E-state index in [9.17, 15) is 0 Å². The third kappa shape index (κ3) is 5.56. The molecule has 0 unspecified atom stereocenters. The van der Waals surface area contributed by atoms with Gasteiger partial charge in [0, 0.05) is 12.2 Å². The lowest BCUT2D eigenvalue weighted by Crippen LogP contribution is -2.38. The van der Waals surface area contributed by atoms with E-state index in [0.717, 1.165) is 10.6 Å². The molecular weight excluding hydrogens is 371 g/mol. The molecule has 1 aromatic heterocycles. The maximum absolute atomic E-state index is 5.89. The number of nitrogens with two attached hydrogens (primary N) is 1. The number of nitrogens with one attached hydrogen (secondary N) is 1. The van der Waals surface area contributed by atoms with E-state index in [-0.39, 0.29) is 24.0 Å². The number of hydrogen-bond acceptors (Lipinski definition) is 3. The number of rotatable bonds is 4. The Balaban J connectivity index is 0.00000180. The molecule has 19 heavy (non-hydrogen) atoms. The predicted molar refractivity (Wildman–Crippen MR) is 92.2 cm³/mol. The zero-order valence-electron chi connectivity index (χ0n) is 11.1. The lowest BCUT2D eigenvalue weighted by molar-refractivity contribution is 0.625. The van der Waals surface area contributed by atoms with Crippen LogP contribution < -0.4 is 11.1 Å². The summed E-state index contributed by atoms with van der Waals surface area (Å²) in [7, 11) is 0. The van der Waals surface area contributed by atoms with E-state index in [2.05, 4.69) is 21.4 Å². The van der Waals surface area contributed by atoms with Crippen LogP contribution in [0.25, 0.3) is 0 Å². The largest absolute Gasteiger partial charge is 0.370 e. The second-order valence-electron chi connectivity index (χ2n) is 4.53. The Morgan fingerprint density at radius 1 is 1.53 bits per heavy atom. The van der Waals surface area contributed by atoms with Crippen molar-refractivity contribution in [2.45, 2.75) is 43.3 Å². The average Bonchev–Trinajstić information content (AvgIpc) is 2.89. The van der Waals surface area contributed by atoms with Gasteiger partial charge in [0.25, 0.3) is 0 Å². The van der Waals surface area contributed by atoms with Gasteiger partial charge in [-0.05, 0) is 36.8 Å². The van der Waals surface area contributed by atoms with Gasteiger partial charge in [-0.1, -0.05) is 12.8 Å². The van der Waals surface area contributed by atoms with E-state index in [1.165, 1.54) is 25.7 Å². The van der Waals surface area contributed by atoms with Crippen LogP contribution in [0.5, 0.6) is 0 Å². The van der Waals surface area contributed by atoms with Gasteiger partial charge in [-0.25, -0.2) is 9.98 Å². The Bertz CT molecular complexity index is 419. The first-order valence-corrected chi connectivity index (χ1v) is 7.56. The molecular formula is C13H21IN4S. The van der Waals surface area contributed by atoms with E-state index in [4.69, 9.17) is 5.73 Å². The number of aliphatic imine (C=N–C) groups is 1. The summed E-state index contributed by atoms with van der Waals surface area (Å²) >= 11 is 1.64. The molecule has 1 aliphatic rings. The first-order valence-electron chi connectivity index (χ1n) is 6.33. The Morgan fingerprint density at radius 3 is 2.95 bits per heavy atom. The fourth-order valence-corrected chi connectivity index (χ4v) is 2.60. The highest BCUT2D eigenvalue weighted by molar-refractivity contribution is 14.0. The van der Waals surface area contributed by atoms with E-state index < -0.39 is 0 Å². The standard InChI is InChI=1S/C13H20N4S.HI/c1-18-12-8-10(6-7-15-12)9-16-13(14)17-11-4-2-3-5-11;/h6-8,11H,2-5,9H2,1H3,(H3,14,16,17);1H. The van der Waals surface area contributed by atoms with Crippen LogP contribution in [0.4, 0.5) is 0 Å². The van der Waals surface area contributed by atoms with Crippen LogP contribution in [0.2, 0.25) is 0 Å². The molecule has 0 aromatic carbocycles. The number of guanidine groups is 1. The number of halogens is 1. The SMILES string of the molecule is CSc1cc(CN=C(N)NC2CCCC2)ccn1.I. The minimum atomic E-state index is 0. The van der Waals surface area contributed by atoms with Crippen molar-refractivity contribution in [3.63, 3.8) is 0 Å². The summed E-state index contributed by atoms with van der Waals surface area (Å²) in [6.07, 6.45) is 8.85. The van der Waals surface area contributed by atoms with Crippen molar-refractivity contribution in [1.82, 2.24) is 10.3 Å². The fraction of sp³-hybridized carbons (Fsp3) is 0.538. The summed E-state index contributed by atoms with van der Waals surface area (Å²) in [4.78, 5) is 8.62. The van der Waals surface area contributed by atoms with Crippen molar-refractivity contribution in [2.24, 2.45) is 10.7 Å². The van der Waals surface area contributed by atoms with E-state index in [0.29, 0.717) is 18.5 Å². The average molecular weight is 392 g/mol. The van der Waals surface area contributed by atoms with Crippen LogP contribution in [-0.4, -0.2) is 23.2 Å². The van der Waals surface area contributed by atoms with Crippen LogP contribution in [0.1, 0.15) is 31.2 Å². The van der Waals surface area contributed by atoms with Crippen LogP contribution >= 0.6 is 35.7 Å². The molecule has 0 spiro atoms. The molecule has 1 aliphatic carbocycles. The van der Waals surface area contributed by atoms with E-state index in [1.807, 2.05) is 18.5 Å². The van der Waals surface area contributed by atoms with Crippen molar-refractivity contribution >= 4 is 41.7 Å². The van der Waals surface area contributed by atoms with Gasteiger partial charge in [-0.3, -0.25) is 0 Å². The Hall–Kier alpha value is -0.500. The van der Waals surface area contributed by atoms with Crippen molar-refractivity contribution in [2.75, 3.05) is 6.26 Å². The molecule has 3 N–H and O–H groups in total. The zero-order valence-corrected chi connectivity index (χ0v) is 14.3. The maximum atomic E-state index is 5.89. The normalized spacial score (nSPS) is 16.2. The molecule has 0 radical (unpaired) electrons. The molecule has 1 saturated carbocycles. The van der Waals surface area contributed by atoms with Crippen molar-refractivity contribution in [3.8, 4) is 0 Å². The molecule has 0 bridgehead atoms. The Kier molecular flexibility index (Phi) is 7.52. The van der Waals surface area contributed by atoms with Crippen molar-refractivity contribution in [3.05, 3.63) is 23.9 Å². The molecule has 0 amide bonds. The molecule has 1 aromatic rings. The van der Waals surface area contributed by atoms with E-state index >= 15 is 0 Å². The quantitative estimate of drug-likeness (QED) is 0.358. The zero-order chi connectivity index (χ0) is 12.8. The molecule has 106 valence electrons. The maximum Gasteiger partial charge on any atom is 0.189 e. The summed E-state index contributed by atoms with van der Waals surface area (Å²) in [5.74, 6) is 0.560. The summed E-state index contributed by atoms with van der Waals surface area (Å²) < 4.78 is 0. The van der Waals surface area contributed by atoms with Crippen molar-refractivity contribution in [1.29, 1.82) is 0 Å². The molecule has 4 nitrogen and oxygen atoms in total. The highest BCUT2D eigenvalue weighted by Gasteiger charge is 2.14. The minimum absolute atomic E-state index is 0.